The zero-order valence-corrected chi connectivity index (χ0v) is 10.6. The number of ether oxygens (including phenoxy) is 1. The second-order valence-electron chi connectivity index (χ2n) is 5.01. The standard InChI is InChI=1S/C13H18ClNO/c1-13(2)9-15-8-7-12(13)16-11-5-3-10(14)4-6-11/h3-6,12,15H,7-9H2,1-2H3. The molecule has 0 amide bonds. The van der Waals surface area contributed by atoms with E-state index in [1.54, 1.807) is 0 Å². The molecule has 0 radical (unpaired) electrons. The van der Waals surface area contributed by atoms with Crippen LogP contribution in [0.15, 0.2) is 24.3 Å². The summed E-state index contributed by atoms with van der Waals surface area (Å²) < 4.78 is 6.03. The Morgan fingerprint density at radius 2 is 2.00 bits per heavy atom. The smallest absolute Gasteiger partial charge is 0.119 e. The Morgan fingerprint density at radius 3 is 2.62 bits per heavy atom. The molecule has 1 atom stereocenters. The van der Waals surface area contributed by atoms with E-state index in [1.807, 2.05) is 24.3 Å². The summed E-state index contributed by atoms with van der Waals surface area (Å²) >= 11 is 5.84. The van der Waals surface area contributed by atoms with Crippen molar-refractivity contribution < 1.29 is 4.74 Å². The minimum atomic E-state index is 0.178. The molecule has 1 aliphatic rings. The van der Waals surface area contributed by atoms with Crippen LogP contribution in [-0.2, 0) is 0 Å². The van der Waals surface area contributed by atoms with Crippen LogP contribution in [0.2, 0.25) is 5.02 Å². The van der Waals surface area contributed by atoms with Gasteiger partial charge in [0.1, 0.15) is 11.9 Å². The summed E-state index contributed by atoms with van der Waals surface area (Å²) in [5.74, 6) is 0.907. The fourth-order valence-electron chi connectivity index (χ4n) is 2.04. The third kappa shape index (κ3) is 2.69. The minimum Gasteiger partial charge on any atom is -0.490 e. The first-order chi connectivity index (χ1) is 7.58. The van der Waals surface area contributed by atoms with Crippen molar-refractivity contribution in [3.63, 3.8) is 0 Å². The van der Waals surface area contributed by atoms with Crippen LogP contribution < -0.4 is 10.1 Å². The second-order valence-corrected chi connectivity index (χ2v) is 5.45. The molecule has 1 aromatic rings. The Kier molecular flexibility index (Phi) is 3.41. The molecule has 0 aliphatic carbocycles. The van der Waals surface area contributed by atoms with Crippen LogP contribution in [0.3, 0.4) is 0 Å². The molecule has 1 N–H and O–H groups in total. The third-order valence-corrected chi connectivity index (χ3v) is 3.38. The molecule has 0 aromatic heterocycles. The zero-order chi connectivity index (χ0) is 11.6. The lowest BCUT2D eigenvalue weighted by Gasteiger charge is -2.38. The molecule has 1 saturated heterocycles. The maximum Gasteiger partial charge on any atom is 0.119 e. The van der Waals surface area contributed by atoms with Gasteiger partial charge in [-0.25, -0.2) is 0 Å². The normalized spacial score (nSPS) is 24.1. The van der Waals surface area contributed by atoms with Crippen LogP contribution in [0.25, 0.3) is 0 Å². The summed E-state index contributed by atoms with van der Waals surface area (Å²) in [6, 6.07) is 7.59. The van der Waals surface area contributed by atoms with Crippen LogP contribution >= 0.6 is 11.6 Å². The SMILES string of the molecule is CC1(C)CNCCC1Oc1ccc(Cl)cc1. The van der Waals surface area contributed by atoms with E-state index in [0.29, 0.717) is 0 Å². The van der Waals surface area contributed by atoms with Crippen molar-refractivity contribution in [2.45, 2.75) is 26.4 Å². The number of nitrogens with one attached hydrogen (secondary N) is 1. The first-order valence-electron chi connectivity index (χ1n) is 5.71. The van der Waals surface area contributed by atoms with Crippen molar-refractivity contribution in [2.75, 3.05) is 13.1 Å². The predicted molar refractivity (Wildman–Crippen MR) is 67.1 cm³/mol. The molecule has 1 unspecified atom stereocenters. The van der Waals surface area contributed by atoms with E-state index in [4.69, 9.17) is 16.3 Å². The van der Waals surface area contributed by atoms with Gasteiger partial charge in [-0.1, -0.05) is 25.4 Å². The quantitative estimate of drug-likeness (QED) is 0.856. The first kappa shape index (κ1) is 11.7. The molecule has 2 nitrogen and oxygen atoms in total. The molecule has 0 saturated carbocycles. The molecule has 3 heteroatoms. The summed E-state index contributed by atoms with van der Waals surface area (Å²) in [5.41, 5.74) is 0.178. The predicted octanol–water partition coefficient (Wildman–Crippen LogP) is 3.11. The van der Waals surface area contributed by atoms with Crippen molar-refractivity contribution in [2.24, 2.45) is 5.41 Å². The highest BCUT2D eigenvalue weighted by molar-refractivity contribution is 6.30. The van der Waals surface area contributed by atoms with Crippen molar-refractivity contribution in [1.82, 2.24) is 5.32 Å². The van der Waals surface area contributed by atoms with Crippen LogP contribution in [-0.4, -0.2) is 19.2 Å². The van der Waals surface area contributed by atoms with E-state index < -0.39 is 0 Å². The van der Waals surface area contributed by atoms with Gasteiger partial charge in [-0.3, -0.25) is 0 Å². The van der Waals surface area contributed by atoms with Crippen molar-refractivity contribution in [1.29, 1.82) is 0 Å². The molecule has 0 bridgehead atoms. The van der Waals surface area contributed by atoms with Crippen LogP contribution in [0, 0.1) is 5.41 Å². The Morgan fingerprint density at radius 1 is 1.31 bits per heavy atom. The number of hydrogen-bond donors (Lipinski definition) is 1. The summed E-state index contributed by atoms with van der Waals surface area (Å²) in [6.07, 6.45) is 1.32. The Labute approximate surface area is 102 Å². The highest BCUT2D eigenvalue weighted by atomic mass is 35.5. The number of hydrogen-bond acceptors (Lipinski definition) is 2. The molecule has 1 fully saturated rings. The van der Waals surface area contributed by atoms with Gasteiger partial charge in [-0.15, -0.1) is 0 Å². The van der Waals surface area contributed by atoms with Gasteiger partial charge in [0, 0.05) is 17.0 Å². The molecule has 88 valence electrons. The molecule has 1 aromatic carbocycles. The monoisotopic (exact) mass is 239 g/mol. The summed E-state index contributed by atoms with van der Waals surface area (Å²) in [6.45, 7) is 6.51. The summed E-state index contributed by atoms with van der Waals surface area (Å²) in [5, 5.41) is 4.15. The maximum absolute atomic E-state index is 6.03. The van der Waals surface area contributed by atoms with E-state index in [2.05, 4.69) is 19.2 Å². The lowest BCUT2D eigenvalue weighted by molar-refractivity contribution is 0.0451. The van der Waals surface area contributed by atoms with Gasteiger partial charge in [0.2, 0.25) is 0 Å². The number of halogens is 1. The van der Waals surface area contributed by atoms with Gasteiger partial charge in [0.25, 0.3) is 0 Å². The second kappa shape index (κ2) is 4.64. The lowest BCUT2D eigenvalue weighted by Crippen LogP contribution is -2.48. The van der Waals surface area contributed by atoms with Crippen LogP contribution in [0.1, 0.15) is 20.3 Å². The number of piperidine rings is 1. The van der Waals surface area contributed by atoms with Crippen LogP contribution in [0.5, 0.6) is 5.75 Å². The van der Waals surface area contributed by atoms with Crippen molar-refractivity contribution in [3.05, 3.63) is 29.3 Å². The lowest BCUT2D eigenvalue weighted by atomic mass is 9.82. The molecule has 0 spiro atoms. The highest BCUT2D eigenvalue weighted by Gasteiger charge is 2.33. The zero-order valence-electron chi connectivity index (χ0n) is 9.79. The van der Waals surface area contributed by atoms with E-state index in [0.717, 1.165) is 30.3 Å². The van der Waals surface area contributed by atoms with Gasteiger partial charge in [-0.05, 0) is 37.2 Å². The summed E-state index contributed by atoms with van der Waals surface area (Å²) in [7, 11) is 0. The van der Waals surface area contributed by atoms with Crippen molar-refractivity contribution >= 4 is 11.6 Å². The molecule has 1 heterocycles. The van der Waals surface area contributed by atoms with Gasteiger partial charge in [0.05, 0.1) is 0 Å². The Hall–Kier alpha value is -0.730. The number of benzene rings is 1. The van der Waals surface area contributed by atoms with Crippen molar-refractivity contribution in [3.8, 4) is 5.75 Å². The molecule has 1 aliphatic heterocycles. The molecular formula is C13H18ClNO. The fraction of sp³-hybridized carbons (Fsp3) is 0.538. The highest BCUT2D eigenvalue weighted by Crippen LogP contribution is 2.29. The van der Waals surface area contributed by atoms with Crippen LogP contribution in [0.4, 0.5) is 0 Å². The molecule has 2 rings (SSSR count). The number of rotatable bonds is 2. The largest absolute Gasteiger partial charge is 0.490 e. The van der Waals surface area contributed by atoms with Gasteiger partial charge < -0.3 is 10.1 Å². The van der Waals surface area contributed by atoms with Gasteiger partial charge >= 0.3 is 0 Å². The first-order valence-corrected chi connectivity index (χ1v) is 6.09. The Bertz CT molecular complexity index is 347. The topological polar surface area (TPSA) is 21.3 Å². The molecular weight excluding hydrogens is 222 g/mol. The average Bonchev–Trinajstić information content (AvgIpc) is 2.24. The maximum atomic E-state index is 6.03. The van der Waals surface area contributed by atoms with Gasteiger partial charge in [0.15, 0.2) is 0 Å². The Balaban J connectivity index is 2.05. The van der Waals surface area contributed by atoms with E-state index in [1.165, 1.54) is 0 Å². The average molecular weight is 240 g/mol. The van der Waals surface area contributed by atoms with Gasteiger partial charge in [-0.2, -0.15) is 0 Å². The third-order valence-electron chi connectivity index (χ3n) is 3.13. The molecule has 16 heavy (non-hydrogen) atoms. The fourth-order valence-corrected chi connectivity index (χ4v) is 2.17. The van der Waals surface area contributed by atoms with E-state index in [9.17, 15) is 0 Å². The minimum absolute atomic E-state index is 0.178. The van der Waals surface area contributed by atoms with E-state index in [-0.39, 0.29) is 11.5 Å². The summed E-state index contributed by atoms with van der Waals surface area (Å²) in [4.78, 5) is 0. The van der Waals surface area contributed by atoms with E-state index >= 15 is 0 Å².